The maximum absolute atomic E-state index is 12.4. The monoisotopic (exact) mass is 175 g/mol. The Morgan fingerprint density at radius 3 is 2.67 bits per heavy atom. The van der Waals surface area contributed by atoms with Crippen LogP contribution < -0.4 is 5.32 Å². The van der Waals surface area contributed by atoms with E-state index < -0.39 is 18.2 Å². The maximum atomic E-state index is 12.4. The van der Waals surface area contributed by atoms with E-state index in [0.29, 0.717) is 0 Å². The number of carboxylic acid groups (broad SMARTS) is 1. The third kappa shape index (κ3) is 2.77. The molecule has 2 unspecified atom stereocenters. The second kappa shape index (κ2) is 3.85. The molecule has 1 aliphatic carbocycles. The Kier molecular flexibility index (Phi) is 3.03. The highest BCUT2D eigenvalue weighted by molar-refractivity contribution is 5.74. The summed E-state index contributed by atoms with van der Waals surface area (Å²) in [6, 6.07) is -0.539. The van der Waals surface area contributed by atoms with Crippen LogP contribution in [0.1, 0.15) is 19.8 Å². The Labute approximate surface area is 71.0 Å². The third-order valence-electron chi connectivity index (χ3n) is 1.98. The molecule has 0 saturated heterocycles. The number of nitrogens with one attached hydrogen (secondary N) is 1. The number of alkyl halides is 1. The van der Waals surface area contributed by atoms with Gasteiger partial charge in [0.15, 0.2) is 0 Å². The van der Waals surface area contributed by atoms with Crippen LogP contribution in [0, 0.1) is 5.92 Å². The van der Waals surface area contributed by atoms with Crippen LogP contribution in [0.15, 0.2) is 0 Å². The SMILES string of the molecule is CC(F)CNC(C(=O)O)C1CC1. The first-order chi connectivity index (χ1) is 5.61. The van der Waals surface area contributed by atoms with Crippen LogP contribution in [0.2, 0.25) is 0 Å². The molecule has 70 valence electrons. The molecule has 0 heterocycles. The average Bonchev–Trinajstić information content (AvgIpc) is 2.69. The molecule has 12 heavy (non-hydrogen) atoms. The van der Waals surface area contributed by atoms with Crippen LogP contribution in [-0.4, -0.2) is 29.8 Å². The maximum Gasteiger partial charge on any atom is 0.320 e. The summed E-state index contributed by atoms with van der Waals surface area (Å²) in [5, 5.41) is 11.4. The zero-order valence-electron chi connectivity index (χ0n) is 7.09. The van der Waals surface area contributed by atoms with Crippen molar-refractivity contribution in [2.75, 3.05) is 6.54 Å². The van der Waals surface area contributed by atoms with Gasteiger partial charge in [-0.25, -0.2) is 4.39 Å². The zero-order chi connectivity index (χ0) is 9.14. The number of hydrogen-bond acceptors (Lipinski definition) is 2. The first kappa shape index (κ1) is 9.45. The Morgan fingerprint density at radius 2 is 2.33 bits per heavy atom. The predicted octanol–water partition coefficient (Wildman–Crippen LogP) is 0.797. The van der Waals surface area contributed by atoms with Crippen molar-refractivity contribution in [2.24, 2.45) is 5.92 Å². The number of carboxylic acids is 1. The lowest BCUT2D eigenvalue weighted by Gasteiger charge is -2.13. The average molecular weight is 175 g/mol. The molecule has 1 saturated carbocycles. The van der Waals surface area contributed by atoms with E-state index >= 15 is 0 Å². The zero-order valence-corrected chi connectivity index (χ0v) is 7.09. The van der Waals surface area contributed by atoms with Gasteiger partial charge in [0.05, 0.1) is 0 Å². The topological polar surface area (TPSA) is 49.3 Å². The number of carbonyl (C=O) groups is 1. The molecule has 1 fully saturated rings. The summed E-state index contributed by atoms with van der Waals surface area (Å²) in [7, 11) is 0. The Morgan fingerprint density at radius 1 is 1.75 bits per heavy atom. The number of halogens is 1. The van der Waals surface area contributed by atoms with Crippen molar-refractivity contribution in [2.45, 2.75) is 32.0 Å². The van der Waals surface area contributed by atoms with Crippen molar-refractivity contribution in [1.82, 2.24) is 5.32 Å². The summed E-state index contributed by atoms with van der Waals surface area (Å²) in [5.41, 5.74) is 0. The molecule has 3 nitrogen and oxygen atoms in total. The summed E-state index contributed by atoms with van der Waals surface area (Å²) >= 11 is 0. The van der Waals surface area contributed by atoms with Crippen LogP contribution in [0.25, 0.3) is 0 Å². The summed E-state index contributed by atoms with van der Waals surface area (Å²) in [5.74, 6) is -0.639. The number of rotatable bonds is 5. The predicted molar refractivity (Wildman–Crippen MR) is 42.7 cm³/mol. The lowest BCUT2D eigenvalue weighted by molar-refractivity contribution is -0.140. The standard InChI is InChI=1S/C8H14FNO2/c1-5(9)4-10-7(8(11)12)6-2-3-6/h5-7,10H,2-4H2,1H3,(H,11,12). The molecule has 2 N–H and O–H groups in total. The van der Waals surface area contributed by atoms with Crippen molar-refractivity contribution in [3.8, 4) is 0 Å². The molecule has 0 bridgehead atoms. The van der Waals surface area contributed by atoms with Crippen LogP contribution in [0.4, 0.5) is 4.39 Å². The van der Waals surface area contributed by atoms with Gasteiger partial charge in [0.25, 0.3) is 0 Å². The molecule has 1 rings (SSSR count). The van der Waals surface area contributed by atoms with Gasteiger partial charge in [0.1, 0.15) is 12.2 Å². The second-order valence-electron chi connectivity index (χ2n) is 3.34. The lowest BCUT2D eigenvalue weighted by Crippen LogP contribution is -2.41. The highest BCUT2D eigenvalue weighted by Crippen LogP contribution is 2.32. The van der Waals surface area contributed by atoms with Crippen molar-refractivity contribution in [1.29, 1.82) is 0 Å². The van der Waals surface area contributed by atoms with Crippen LogP contribution >= 0.6 is 0 Å². The molecule has 0 aromatic carbocycles. The molecular weight excluding hydrogens is 161 g/mol. The molecule has 1 aliphatic rings. The van der Waals surface area contributed by atoms with Crippen molar-refractivity contribution < 1.29 is 14.3 Å². The van der Waals surface area contributed by atoms with Crippen LogP contribution in [-0.2, 0) is 4.79 Å². The van der Waals surface area contributed by atoms with Crippen LogP contribution in [0.3, 0.4) is 0 Å². The normalized spacial score (nSPS) is 21.8. The Bertz CT molecular complexity index is 168. The third-order valence-corrected chi connectivity index (χ3v) is 1.98. The minimum absolute atomic E-state index is 0.132. The van der Waals surface area contributed by atoms with Gasteiger partial charge in [-0.2, -0.15) is 0 Å². The quantitative estimate of drug-likeness (QED) is 0.649. The summed E-state index contributed by atoms with van der Waals surface area (Å²) in [6.45, 7) is 1.55. The van der Waals surface area contributed by atoms with Crippen molar-refractivity contribution >= 4 is 5.97 Å². The number of hydrogen-bond donors (Lipinski definition) is 2. The van der Waals surface area contributed by atoms with Gasteiger partial charge in [-0.05, 0) is 25.7 Å². The first-order valence-electron chi connectivity index (χ1n) is 4.21. The fraction of sp³-hybridized carbons (Fsp3) is 0.875. The van der Waals surface area contributed by atoms with E-state index in [9.17, 15) is 9.18 Å². The lowest BCUT2D eigenvalue weighted by atomic mass is 10.2. The van der Waals surface area contributed by atoms with Gasteiger partial charge in [-0.3, -0.25) is 4.79 Å². The summed E-state index contributed by atoms with van der Waals surface area (Å²) in [6.07, 6.45) is 0.917. The van der Waals surface area contributed by atoms with E-state index in [-0.39, 0.29) is 12.5 Å². The molecular formula is C8H14FNO2. The fourth-order valence-corrected chi connectivity index (χ4v) is 1.17. The van der Waals surface area contributed by atoms with Gasteiger partial charge < -0.3 is 10.4 Å². The molecule has 0 radical (unpaired) electrons. The molecule has 0 aromatic heterocycles. The Balaban J connectivity index is 2.28. The van der Waals surface area contributed by atoms with Crippen molar-refractivity contribution in [3.05, 3.63) is 0 Å². The van der Waals surface area contributed by atoms with Crippen molar-refractivity contribution in [3.63, 3.8) is 0 Å². The first-order valence-corrected chi connectivity index (χ1v) is 4.21. The van der Waals surface area contributed by atoms with E-state index in [1.807, 2.05) is 0 Å². The van der Waals surface area contributed by atoms with Gasteiger partial charge >= 0.3 is 5.97 Å². The molecule has 0 amide bonds. The van der Waals surface area contributed by atoms with E-state index in [1.54, 1.807) is 0 Å². The molecule has 0 aliphatic heterocycles. The molecule has 2 atom stereocenters. The summed E-state index contributed by atoms with van der Waals surface area (Å²) in [4.78, 5) is 10.6. The highest BCUT2D eigenvalue weighted by atomic mass is 19.1. The van der Waals surface area contributed by atoms with E-state index in [0.717, 1.165) is 12.8 Å². The minimum Gasteiger partial charge on any atom is -0.480 e. The Hall–Kier alpha value is -0.640. The highest BCUT2D eigenvalue weighted by Gasteiger charge is 2.35. The smallest absolute Gasteiger partial charge is 0.320 e. The molecule has 0 spiro atoms. The largest absolute Gasteiger partial charge is 0.480 e. The summed E-state index contributed by atoms with van der Waals surface area (Å²) < 4.78 is 12.4. The molecule has 0 aromatic rings. The van der Waals surface area contributed by atoms with E-state index in [1.165, 1.54) is 6.92 Å². The fourth-order valence-electron chi connectivity index (χ4n) is 1.17. The second-order valence-corrected chi connectivity index (χ2v) is 3.34. The molecule has 4 heteroatoms. The van der Waals surface area contributed by atoms with Gasteiger partial charge in [0, 0.05) is 6.54 Å². The minimum atomic E-state index is -0.981. The number of aliphatic carboxylic acids is 1. The van der Waals surface area contributed by atoms with E-state index in [2.05, 4.69) is 5.32 Å². The van der Waals surface area contributed by atoms with E-state index in [4.69, 9.17) is 5.11 Å². The van der Waals surface area contributed by atoms with Gasteiger partial charge in [0.2, 0.25) is 0 Å². The van der Waals surface area contributed by atoms with Gasteiger partial charge in [-0.1, -0.05) is 0 Å². The van der Waals surface area contributed by atoms with Gasteiger partial charge in [-0.15, -0.1) is 0 Å². The van der Waals surface area contributed by atoms with Crippen LogP contribution in [0.5, 0.6) is 0 Å².